The van der Waals surface area contributed by atoms with Gasteiger partial charge in [0.25, 0.3) is 0 Å². The highest BCUT2D eigenvalue weighted by atomic mass is 16.2. The van der Waals surface area contributed by atoms with Crippen LogP contribution < -0.4 is 5.32 Å². The molecule has 0 aliphatic carbocycles. The number of carbonyl (C=O) groups is 2. The summed E-state index contributed by atoms with van der Waals surface area (Å²) in [7, 11) is 0. The molecule has 3 rings (SSSR count). The van der Waals surface area contributed by atoms with Crippen molar-refractivity contribution < 1.29 is 9.59 Å². The molecular weight excluding hydrogens is 302 g/mol. The third-order valence-corrected chi connectivity index (χ3v) is 5.17. The van der Waals surface area contributed by atoms with Crippen LogP contribution in [0, 0.1) is 5.92 Å². The maximum Gasteiger partial charge on any atom is 0.225 e. The van der Waals surface area contributed by atoms with E-state index >= 15 is 0 Å². The Labute approximate surface area is 144 Å². The molecule has 0 saturated carbocycles. The Morgan fingerprint density at radius 2 is 1.71 bits per heavy atom. The molecule has 2 aliphatic rings. The lowest BCUT2D eigenvalue weighted by atomic mass is 9.93. The molecule has 1 atom stereocenters. The number of anilines is 1. The van der Waals surface area contributed by atoms with Gasteiger partial charge < -0.3 is 15.1 Å². The van der Waals surface area contributed by atoms with E-state index in [-0.39, 0.29) is 17.7 Å². The minimum Gasteiger partial charge on any atom is -0.381 e. The fourth-order valence-electron chi connectivity index (χ4n) is 3.76. The lowest BCUT2D eigenvalue weighted by molar-refractivity contribution is -0.140. The summed E-state index contributed by atoms with van der Waals surface area (Å²) in [6.07, 6.45) is 3.74. The molecule has 1 aromatic carbocycles. The van der Waals surface area contributed by atoms with Gasteiger partial charge in [0.2, 0.25) is 11.8 Å². The van der Waals surface area contributed by atoms with E-state index in [4.69, 9.17) is 0 Å². The zero-order valence-corrected chi connectivity index (χ0v) is 14.4. The maximum atomic E-state index is 12.8. The second kappa shape index (κ2) is 7.69. The Hall–Kier alpha value is -2.04. The molecule has 24 heavy (non-hydrogen) atoms. The van der Waals surface area contributed by atoms with Crippen LogP contribution in [0.1, 0.15) is 32.6 Å². The van der Waals surface area contributed by atoms with Gasteiger partial charge in [0.1, 0.15) is 0 Å². The number of amides is 2. The minimum absolute atomic E-state index is 0.0797. The predicted molar refractivity (Wildman–Crippen MR) is 94.6 cm³/mol. The van der Waals surface area contributed by atoms with Crippen LogP contribution in [0.15, 0.2) is 30.3 Å². The highest BCUT2D eigenvalue weighted by Gasteiger charge is 2.31. The molecule has 130 valence electrons. The summed E-state index contributed by atoms with van der Waals surface area (Å²) in [5.41, 5.74) is 1.12. The van der Waals surface area contributed by atoms with Gasteiger partial charge in [-0.25, -0.2) is 0 Å². The van der Waals surface area contributed by atoms with Crippen molar-refractivity contribution in [2.24, 2.45) is 5.92 Å². The summed E-state index contributed by atoms with van der Waals surface area (Å²) in [5, 5.41) is 3.54. The first-order valence-corrected chi connectivity index (χ1v) is 8.99. The lowest BCUT2D eigenvalue weighted by Gasteiger charge is -2.38. The molecule has 1 aromatic rings. The average molecular weight is 329 g/mol. The minimum atomic E-state index is 0.0797. The van der Waals surface area contributed by atoms with E-state index in [1.54, 1.807) is 6.92 Å². The molecule has 1 N–H and O–H groups in total. The zero-order valence-electron chi connectivity index (χ0n) is 14.4. The van der Waals surface area contributed by atoms with E-state index in [1.807, 2.05) is 28.0 Å². The predicted octanol–water partition coefficient (Wildman–Crippen LogP) is 2.35. The molecule has 5 nitrogen and oxygen atoms in total. The summed E-state index contributed by atoms with van der Waals surface area (Å²) in [5.74, 6) is 0.472. The topological polar surface area (TPSA) is 52.7 Å². The zero-order chi connectivity index (χ0) is 16.9. The SMILES string of the molecule is CC(=O)N1CCC(C(=O)N2CCC[C@H](Nc3ccccc3)C2)CC1. The highest BCUT2D eigenvalue weighted by molar-refractivity contribution is 5.80. The summed E-state index contributed by atoms with van der Waals surface area (Å²) in [4.78, 5) is 28.1. The molecule has 2 aliphatic heterocycles. The second-order valence-electron chi connectivity index (χ2n) is 6.91. The number of para-hydroxylation sites is 1. The molecule has 2 fully saturated rings. The Bertz CT molecular complexity index is 567. The summed E-state index contributed by atoms with van der Waals surface area (Å²) >= 11 is 0. The highest BCUT2D eigenvalue weighted by Crippen LogP contribution is 2.23. The first-order valence-electron chi connectivity index (χ1n) is 8.99. The Morgan fingerprint density at radius 1 is 1.00 bits per heavy atom. The standard InChI is InChI=1S/C19H27N3O2/c1-15(23)21-12-9-16(10-13-21)19(24)22-11-5-8-18(14-22)20-17-6-3-2-4-7-17/h2-4,6-7,16,18,20H,5,8-14H2,1H3/t18-/m0/s1. The quantitative estimate of drug-likeness (QED) is 0.926. The van der Waals surface area contributed by atoms with Crippen molar-refractivity contribution in [2.75, 3.05) is 31.5 Å². The normalized spacial score (nSPS) is 22.3. The van der Waals surface area contributed by atoms with Crippen molar-refractivity contribution in [3.05, 3.63) is 30.3 Å². The number of likely N-dealkylation sites (tertiary alicyclic amines) is 2. The van der Waals surface area contributed by atoms with Crippen molar-refractivity contribution in [3.8, 4) is 0 Å². The number of nitrogens with zero attached hydrogens (tertiary/aromatic N) is 2. The van der Waals surface area contributed by atoms with Crippen LogP contribution in [0.3, 0.4) is 0 Å². The third-order valence-electron chi connectivity index (χ3n) is 5.17. The van der Waals surface area contributed by atoms with Crippen molar-refractivity contribution in [2.45, 2.75) is 38.6 Å². The largest absolute Gasteiger partial charge is 0.381 e. The molecule has 0 spiro atoms. The summed E-state index contributed by atoms with van der Waals surface area (Å²) in [6.45, 7) is 4.67. The monoisotopic (exact) mass is 329 g/mol. The fourth-order valence-corrected chi connectivity index (χ4v) is 3.76. The number of carbonyl (C=O) groups excluding carboxylic acids is 2. The number of nitrogens with one attached hydrogen (secondary N) is 1. The van der Waals surface area contributed by atoms with Crippen LogP contribution in [0.5, 0.6) is 0 Å². The van der Waals surface area contributed by atoms with Crippen LogP contribution >= 0.6 is 0 Å². The van der Waals surface area contributed by atoms with E-state index in [0.29, 0.717) is 19.1 Å². The van der Waals surface area contributed by atoms with E-state index in [2.05, 4.69) is 17.4 Å². The smallest absolute Gasteiger partial charge is 0.225 e. The molecule has 0 radical (unpaired) electrons. The molecule has 0 aromatic heterocycles. The molecule has 2 amide bonds. The molecule has 5 heteroatoms. The van der Waals surface area contributed by atoms with Gasteiger partial charge in [-0.15, -0.1) is 0 Å². The average Bonchev–Trinajstić information content (AvgIpc) is 2.62. The van der Waals surface area contributed by atoms with Crippen LogP contribution in [0.25, 0.3) is 0 Å². The first-order chi connectivity index (χ1) is 11.6. The summed E-state index contributed by atoms with van der Waals surface area (Å²) < 4.78 is 0. The second-order valence-corrected chi connectivity index (χ2v) is 6.91. The van der Waals surface area contributed by atoms with Crippen LogP contribution in [-0.2, 0) is 9.59 Å². The van der Waals surface area contributed by atoms with Gasteiger partial charge in [-0.3, -0.25) is 9.59 Å². The van der Waals surface area contributed by atoms with Gasteiger partial charge in [0, 0.05) is 50.7 Å². The first kappa shape index (κ1) is 16.8. The fraction of sp³-hybridized carbons (Fsp3) is 0.579. The van der Waals surface area contributed by atoms with Crippen molar-refractivity contribution >= 4 is 17.5 Å². The molecule has 2 saturated heterocycles. The van der Waals surface area contributed by atoms with E-state index < -0.39 is 0 Å². The maximum absolute atomic E-state index is 12.8. The van der Waals surface area contributed by atoms with Gasteiger partial charge in [-0.1, -0.05) is 18.2 Å². The van der Waals surface area contributed by atoms with Crippen LogP contribution in [-0.4, -0.2) is 53.8 Å². The van der Waals surface area contributed by atoms with Gasteiger partial charge >= 0.3 is 0 Å². The van der Waals surface area contributed by atoms with Crippen molar-refractivity contribution in [3.63, 3.8) is 0 Å². The van der Waals surface area contributed by atoms with Crippen molar-refractivity contribution in [1.82, 2.24) is 9.80 Å². The Balaban J connectivity index is 1.53. The van der Waals surface area contributed by atoms with E-state index in [1.165, 1.54) is 0 Å². The lowest BCUT2D eigenvalue weighted by Crippen LogP contribution is -2.49. The molecular formula is C19H27N3O2. The van der Waals surface area contributed by atoms with Gasteiger partial charge in [0.15, 0.2) is 0 Å². The van der Waals surface area contributed by atoms with Gasteiger partial charge in [-0.05, 0) is 37.8 Å². The van der Waals surface area contributed by atoms with Crippen LogP contribution in [0.4, 0.5) is 5.69 Å². The van der Waals surface area contributed by atoms with E-state index in [0.717, 1.165) is 44.5 Å². The number of hydrogen-bond donors (Lipinski definition) is 1. The summed E-state index contributed by atoms with van der Waals surface area (Å²) in [6, 6.07) is 10.5. The number of benzene rings is 1. The third kappa shape index (κ3) is 4.08. The molecule has 0 bridgehead atoms. The van der Waals surface area contributed by atoms with Crippen molar-refractivity contribution in [1.29, 1.82) is 0 Å². The molecule has 0 unspecified atom stereocenters. The number of hydrogen-bond acceptors (Lipinski definition) is 3. The number of piperidine rings is 2. The van der Waals surface area contributed by atoms with E-state index in [9.17, 15) is 9.59 Å². The van der Waals surface area contributed by atoms with Gasteiger partial charge in [-0.2, -0.15) is 0 Å². The molecule has 2 heterocycles. The Morgan fingerprint density at radius 3 is 2.38 bits per heavy atom. The van der Waals surface area contributed by atoms with Gasteiger partial charge in [0.05, 0.1) is 0 Å². The van der Waals surface area contributed by atoms with Crippen LogP contribution in [0.2, 0.25) is 0 Å². The number of rotatable bonds is 3. The Kier molecular flexibility index (Phi) is 5.38.